The van der Waals surface area contributed by atoms with Crippen LogP contribution in [0.4, 0.5) is 5.69 Å². The highest BCUT2D eigenvalue weighted by molar-refractivity contribution is 7.92. The molecule has 196 valence electrons. The van der Waals surface area contributed by atoms with Crippen LogP contribution in [0.2, 0.25) is 0 Å². The van der Waals surface area contributed by atoms with E-state index in [1.165, 1.54) is 10.6 Å². The first-order valence-electron chi connectivity index (χ1n) is 12.8. The molecule has 1 heterocycles. The van der Waals surface area contributed by atoms with Crippen molar-refractivity contribution in [3.05, 3.63) is 94.5 Å². The van der Waals surface area contributed by atoms with Gasteiger partial charge in [-0.1, -0.05) is 56.3 Å². The van der Waals surface area contributed by atoms with E-state index < -0.39 is 10.0 Å². The Labute approximate surface area is 220 Å². The number of nitrogens with zero attached hydrogens (tertiary/aromatic N) is 1. The molecule has 1 N–H and O–H groups in total. The van der Waals surface area contributed by atoms with Gasteiger partial charge in [0.25, 0.3) is 5.91 Å². The van der Waals surface area contributed by atoms with Gasteiger partial charge in [0, 0.05) is 17.5 Å². The van der Waals surface area contributed by atoms with Gasteiger partial charge in [-0.25, -0.2) is 8.42 Å². The number of para-hydroxylation sites is 1. The Kier molecular flexibility index (Phi) is 7.64. The summed E-state index contributed by atoms with van der Waals surface area (Å²) in [7, 11) is -3.50. The van der Waals surface area contributed by atoms with Gasteiger partial charge in [-0.3, -0.25) is 9.10 Å². The summed E-state index contributed by atoms with van der Waals surface area (Å²) in [6, 6.07) is 20.7. The lowest BCUT2D eigenvalue weighted by Crippen LogP contribution is -2.44. The molecule has 1 aliphatic heterocycles. The molecule has 6 nitrogen and oxygen atoms in total. The Morgan fingerprint density at radius 2 is 1.70 bits per heavy atom. The quantitative estimate of drug-likeness (QED) is 0.390. The summed E-state index contributed by atoms with van der Waals surface area (Å²) in [4.78, 5) is 13.2. The molecular formula is C30H36N2O4S. The van der Waals surface area contributed by atoms with Crippen molar-refractivity contribution in [3.8, 4) is 5.75 Å². The number of anilines is 1. The second-order valence-corrected chi connectivity index (χ2v) is 11.9. The van der Waals surface area contributed by atoms with Crippen molar-refractivity contribution in [1.29, 1.82) is 0 Å². The van der Waals surface area contributed by atoms with Crippen LogP contribution in [0.25, 0.3) is 0 Å². The summed E-state index contributed by atoms with van der Waals surface area (Å²) in [5, 5.41) is 3.21. The highest BCUT2D eigenvalue weighted by Gasteiger charge is 2.39. The minimum absolute atomic E-state index is 0.151. The Morgan fingerprint density at radius 1 is 1.03 bits per heavy atom. The molecular weight excluding hydrogens is 484 g/mol. The van der Waals surface area contributed by atoms with Crippen LogP contribution in [-0.2, 0) is 16.6 Å². The van der Waals surface area contributed by atoms with E-state index in [0.29, 0.717) is 17.7 Å². The van der Waals surface area contributed by atoms with Gasteiger partial charge in [0.2, 0.25) is 10.0 Å². The lowest BCUT2D eigenvalue weighted by Gasteiger charge is -2.41. The molecule has 0 spiro atoms. The summed E-state index contributed by atoms with van der Waals surface area (Å²) in [5.41, 5.74) is 4.56. The second-order valence-electron chi connectivity index (χ2n) is 10.0. The van der Waals surface area contributed by atoms with Crippen LogP contribution in [0.1, 0.15) is 71.8 Å². The Morgan fingerprint density at radius 3 is 2.35 bits per heavy atom. The molecule has 1 aliphatic rings. The molecule has 0 aliphatic carbocycles. The van der Waals surface area contributed by atoms with E-state index in [1.54, 1.807) is 12.1 Å². The van der Waals surface area contributed by atoms with Gasteiger partial charge in [0.1, 0.15) is 11.4 Å². The number of carbonyl (C=O) groups is 1. The number of hydrogen-bond acceptors (Lipinski definition) is 4. The van der Waals surface area contributed by atoms with Gasteiger partial charge in [-0.2, -0.15) is 0 Å². The molecule has 0 radical (unpaired) electrons. The van der Waals surface area contributed by atoms with E-state index in [2.05, 4.69) is 19.2 Å². The van der Waals surface area contributed by atoms with Gasteiger partial charge in [0.05, 0.1) is 24.5 Å². The average molecular weight is 521 g/mol. The smallest absolute Gasteiger partial charge is 0.251 e. The molecule has 0 saturated heterocycles. The molecule has 7 heteroatoms. The van der Waals surface area contributed by atoms with E-state index >= 15 is 0 Å². The van der Waals surface area contributed by atoms with Crippen LogP contribution in [0, 0.1) is 13.8 Å². The van der Waals surface area contributed by atoms with Crippen molar-refractivity contribution in [2.75, 3.05) is 10.6 Å². The third-order valence-corrected chi connectivity index (χ3v) is 8.49. The minimum atomic E-state index is -3.50. The van der Waals surface area contributed by atoms with Gasteiger partial charge in [-0.15, -0.1) is 0 Å². The van der Waals surface area contributed by atoms with Gasteiger partial charge in [0.15, 0.2) is 0 Å². The third-order valence-electron chi connectivity index (χ3n) is 7.37. The molecule has 0 bridgehead atoms. The van der Waals surface area contributed by atoms with Crippen LogP contribution in [0.5, 0.6) is 5.75 Å². The molecule has 37 heavy (non-hydrogen) atoms. The number of carbonyl (C=O) groups excluding carboxylic acids is 1. The highest BCUT2D eigenvalue weighted by Crippen LogP contribution is 2.42. The second kappa shape index (κ2) is 10.6. The number of aryl methyl sites for hydroxylation is 2. The molecule has 1 amide bonds. The van der Waals surface area contributed by atoms with Crippen LogP contribution in [0.15, 0.2) is 66.7 Å². The molecule has 0 fully saturated rings. The number of fused-ring (bicyclic) bond motifs is 1. The molecule has 0 aromatic heterocycles. The van der Waals surface area contributed by atoms with Crippen molar-refractivity contribution < 1.29 is 17.9 Å². The van der Waals surface area contributed by atoms with E-state index in [0.717, 1.165) is 40.8 Å². The summed E-state index contributed by atoms with van der Waals surface area (Å²) in [6.07, 6.45) is 3.64. The largest absolute Gasteiger partial charge is 0.487 e. The van der Waals surface area contributed by atoms with Gasteiger partial charge < -0.3 is 10.1 Å². The van der Waals surface area contributed by atoms with E-state index in [4.69, 9.17) is 4.74 Å². The maximum atomic E-state index is 13.2. The van der Waals surface area contributed by atoms with Gasteiger partial charge in [-0.05, 0) is 67.6 Å². The summed E-state index contributed by atoms with van der Waals surface area (Å²) >= 11 is 0. The fourth-order valence-corrected chi connectivity index (χ4v) is 5.91. The number of rotatable bonds is 8. The molecule has 3 aromatic rings. The zero-order valence-electron chi connectivity index (χ0n) is 22.2. The number of benzene rings is 3. The van der Waals surface area contributed by atoms with Crippen LogP contribution in [-0.4, -0.2) is 26.2 Å². The summed E-state index contributed by atoms with van der Waals surface area (Å²) in [5.74, 6) is 0.661. The molecule has 0 unspecified atom stereocenters. The predicted octanol–water partition coefficient (Wildman–Crippen LogP) is 6.08. The van der Waals surface area contributed by atoms with E-state index in [1.807, 2.05) is 68.4 Å². The lowest BCUT2D eigenvalue weighted by molar-refractivity contribution is 0.0227. The first-order chi connectivity index (χ1) is 17.5. The van der Waals surface area contributed by atoms with Crippen molar-refractivity contribution >= 4 is 21.6 Å². The Hall–Kier alpha value is -3.32. The summed E-state index contributed by atoms with van der Waals surface area (Å²) < 4.78 is 33.1. The standard InChI is InChI=1S/C30H36N2O4S/c1-6-30(7-2)19-26(25-10-8-9-11-28(25)36-30)31-29(33)24-16-14-23(15-17-24)20-32(37(5,34)35)27-18-21(3)12-13-22(27)4/h8-18,26H,6-7,19-20H2,1-5H3,(H,31,33)/t26-/m0/s1. The molecule has 0 saturated carbocycles. The number of nitrogens with one attached hydrogen (secondary N) is 1. The molecule has 4 rings (SSSR count). The minimum Gasteiger partial charge on any atom is -0.487 e. The molecule has 1 atom stereocenters. The maximum absolute atomic E-state index is 13.2. The predicted molar refractivity (Wildman–Crippen MR) is 149 cm³/mol. The number of sulfonamides is 1. The van der Waals surface area contributed by atoms with Crippen LogP contribution >= 0.6 is 0 Å². The topological polar surface area (TPSA) is 75.7 Å². The zero-order chi connectivity index (χ0) is 26.8. The lowest BCUT2D eigenvalue weighted by atomic mass is 9.83. The zero-order valence-corrected chi connectivity index (χ0v) is 23.1. The summed E-state index contributed by atoms with van der Waals surface area (Å²) in [6.45, 7) is 8.27. The SMILES string of the molecule is CCC1(CC)C[C@H](NC(=O)c2ccc(CN(c3cc(C)ccc3C)S(C)(=O)=O)cc2)c2ccccc2O1. The molecule has 3 aromatic carbocycles. The van der Waals surface area contributed by atoms with Crippen molar-refractivity contribution in [1.82, 2.24) is 5.32 Å². The van der Waals surface area contributed by atoms with Crippen molar-refractivity contribution in [2.45, 2.75) is 65.1 Å². The van der Waals surface area contributed by atoms with Crippen LogP contribution < -0.4 is 14.4 Å². The number of hydrogen-bond donors (Lipinski definition) is 1. The van der Waals surface area contributed by atoms with E-state index in [-0.39, 0.29) is 24.1 Å². The highest BCUT2D eigenvalue weighted by atomic mass is 32.2. The Bertz CT molecular complexity index is 1380. The fourth-order valence-electron chi connectivity index (χ4n) is 4.97. The Balaban J connectivity index is 1.54. The normalized spacial score (nSPS) is 16.4. The first kappa shape index (κ1) is 26.7. The first-order valence-corrected chi connectivity index (χ1v) is 14.6. The monoisotopic (exact) mass is 520 g/mol. The van der Waals surface area contributed by atoms with Crippen LogP contribution in [0.3, 0.4) is 0 Å². The number of amides is 1. The average Bonchev–Trinajstić information content (AvgIpc) is 2.88. The van der Waals surface area contributed by atoms with Crippen molar-refractivity contribution in [2.24, 2.45) is 0 Å². The van der Waals surface area contributed by atoms with E-state index in [9.17, 15) is 13.2 Å². The fraction of sp³-hybridized carbons (Fsp3) is 0.367. The van der Waals surface area contributed by atoms with Crippen molar-refractivity contribution in [3.63, 3.8) is 0 Å². The van der Waals surface area contributed by atoms with Gasteiger partial charge >= 0.3 is 0 Å². The third kappa shape index (κ3) is 5.82. The maximum Gasteiger partial charge on any atom is 0.251 e. The number of ether oxygens (including phenoxy) is 1.